The van der Waals surface area contributed by atoms with Crippen molar-refractivity contribution in [2.45, 2.75) is 63.1 Å². The number of halogens is 2. The third-order valence-electron chi connectivity index (χ3n) is 5.85. The molecule has 1 amide bonds. The topological polar surface area (TPSA) is 83.9 Å². The van der Waals surface area contributed by atoms with Crippen molar-refractivity contribution in [3.63, 3.8) is 0 Å². The summed E-state index contributed by atoms with van der Waals surface area (Å²) in [4.78, 5) is 23.8. The summed E-state index contributed by atoms with van der Waals surface area (Å²) >= 11 is 11.6. The minimum absolute atomic E-state index is 0.000288. The number of hydrogen-bond acceptors (Lipinski definition) is 4. The lowest BCUT2D eigenvalue weighted by atomic mass is 9.98. The monoisotopic (exact) mass is 555 g/mol. The molecule has 1 saturated carbocycles. The van der Waals surface area contributed by atoms with Gasteiger partial charge in [-0.3, -0.25) is 13.8 Å². The minimum atomic E-state index is -0.975. The van der Waals surface area contributed by atoms with E-state index in [2.05, 4.69) is 0 Å². The van der Waals surface area contributed by atoms with Crippen LogP contribution in [0.1, 0.15) is 52.1 Å². The zero-order valence-corrected chi connectivity index (χ0v) is 23.4. The fourth-order valence-electron chi connectivity index (χ4n) is 4.16. The molecule has 4 unspecified atom stereocenters. The normalized spacial score (nSPS) is 19.8. The van der Waals surface area contributed by atoms with E-state index in [9.17, 15) is 9.00 Å². The Morgan fingerprint density at radius 2 is 1.56 bits per heavy atom. The zero-order valence-electron chi connectivity index (χ0n) is 21.1. The molecule has 1 heterocycles. The molecule has 198 valence electrons. The Kier molecular flexibility index (Phi) is 12.4. The van der Waals surface area contributed by atoms with Gasteiger partial charge in [0, 0.05) is 39.1 Å². The maximum Gasteiger partial charge on any atom is 0.300 e. The molecule has 9 heteroatoms. The highest BCUT2D eigenvalue weighted by Crippen LogP contribution is 2.42. The summed E-state index contributed by atoms with van der Waals surface area (Å²) in [5.41, 5.74) is 1.02. The Balaban J connectivity index is 0.000000344. The summed E-state index contributed by atoms with van der Waals surface area (Å²) in [6.45, 7) is 7.65. The molecule has 1 saturated heterocycles. The highest BCUT2D eigenvalue weighted by molar-refractivity contribution is 7.86. The van der Waals surface area contributed by atoms with E-state index in [1.54, 1.807) is 0 Å². The summed E-state index contributed by atoms with van der Waals surface area (Å²) in [5.74, 6) is -0.398. The summed E-state index contributed by atoms with van der Waals surface area (Å²) in [6, 6.07) is 16.9. The predicted octanol–water partition coefficient (Wildman–Crippen LogP) is 6.00. The van der Waals surface area contributed by atoms with Gasteiger partial charge in [0.25, 0.3) is 5.97 Å². The number of nitrogens with zero attached hydrogens (tertiary/aromatic N) is 1. The maximum atomic E-state index is 12.8. The van der Waals surface area contributed by atoms with Crippen LogP contribution in [0.2, 0.25) is 10.0 Å². The molecular weight excluding hydrogens is 521 g/mol. The first-order valence-electron chi connectivity index (χ1n) is 12.0. The molecule has 1 aliphatic heterocycles. The van der Waals surface area contributed by atoms with Crippen molar-refractivity contribution in [1.29, 1.82) is 0 Å². The van der Waals surface area contributed by atoms with E-state index in [0.29, 0.717) is 17.5 Å². The number of rotatable bonds is 6. The van der Waals surface area contributed by atoms with Gasteiger partial charge < -0.3 is 14.7 Å². The predicted molar refractivity (Wildman–Crippen MR) is 146 cm³/mol. The van der Waals surface area contributed by atoms with Crippen LogP contribution in [0.3, 0.4) is 0 Å². The van der Waals surface area contributed by atoms with Crippen molar-refractivity contribution in [2.24, 2.45) is 5.92 Å². The minimum Gasteiger partial charge on any atom is -0.481 e. The summed E-state index contributed by atoms with van der Waals surface area (Å²) in [7, 11) is -0.975. The molecule has 1 N–H and O–H groups in total. The number of morpholine rings is 1. The van der Waals surface area contributed by atoms with Crippen LogP contribution in [-0.2, 0) is 25.1 Å². The largest absolute Gasteiger partial charge is 0.481 e. The summed E-state index contributed by atoms with van der Waals surface area (Å²) < 4.78 is 18.3. The molecule has 0 radical (unpaired) electrons. The smallest absolute Gasteiger partial charge is 0.300 e. The van der Waals surface area contributed by atoms with Gasteiger partial charge >= 0.3 is 0 Å². The summed E-state index contributed by atoms with van der Waals surface area (Å²) in [6.07, 6.45) is 2.20. The lowest BCUT2D eigenvalue weighted by Gasteiger charge is -2.44. The van der Waals surface area contributed by atoms with Gasteiger partial charge in [0.1, 0.15) is 6.61 Å². The van der Waals surface area contributed by atoms with Crippen LogP contribution >= 0.6 is 23.2 Å². The number of carboxylic acid groups (broad SMARTS) is 1. The molecule has 0 bridgehead atoms. The van der Waals surface area contributed by atoms with Crippen LogP contribution in [-0.4, -0.2) is 55.8 Å². The van der Waals surface area contributed by atoms with Crippen LogP contribution in [0.5, 0.6) is 0 Å². The van der Waals surface area contributed by atoms with Gasteiger partial charge in [-0.2, -0.15) is 0 Å². The van der Waals surface area contributed by atoms with Gasteiger partial charge in [-0.1, -0.05) is 67.4 Å². The van der Waals surface area contributed by atoms with Crippen LogP contribution in [0.15, 0.2) is 54.6 Å². The molecule has 2 aromatic carbocycles. The highest BCUT2D eigenvalue weighted by atomic mass is 35.5. The Morgan fingerprint density at radius 3 is 2.00 bits per heavy atom. The number of carbonyl (C=O) groups excluding carboxylic acids is 1. The van der Waals surface area contributed by atoms with E-state index in [4.69, 9.17) is 37.8 Å². The lowest BCUT2D eigenvalue weighted by molar-refractivity contribution is -0.153. The molecule has 1 aliphatic carbocycles. The van der Waals surface area contributed by atoms with E-state index in [1.165, 1.54) is 0 Å². The lowest BCUT2D eigenvalue weighted by Crippen LogP contribution is -2.55. The number of ether oxygens (including phenoxy) is 1. The van der Waals surface area contributed by atoms with Crippen molar-refractivity contribution in [3.05, 3.63) is 70.2 Å². The van der Waals surface area contributed by atoms with Crippen LogP contribution in [0.4, 0.5) is 0 Å². The third kappa shape index (κ3) is 9.51. The van der Waals surface area contributed by atoms with Gasteiger partial charge in [0.05, 0.1) is 17.9 Å². The van der Waals surface area contributed by atoms with Crippen molar-refractivity contribution < 1.29 is 23.6 Å². The first-order valence-corrected chi connectivity index (χ1v) is 14.0. The van der Waals surface area contributed by atoms with Crippen LogP contribution in [0.25, 0.3) is 0 Å². The molecule has 6 nitrogen and oxygen atoms in total. The second kappa shape index (κ2) is 14.7. The molecule has 0 spiro atoms. The molecule has 2 fully saturated rings. The zero-order chi connectivity index (χ0) is 26.8. The van der Waals surface area contributed by atoms with E-state index >= 15 is 0 Å². The van der Waals surface area contributed by atoms with E-state index in [0.717, 1.165) is 30.4 Å². The molecule has 0 aromatic heterocycles. The maximum absolute atomic E-state index is 12.8. The quantitative estimate of drug-likeness (QED) is 0.472. The Labute approximate surface area is 226 Å². The molecule has 2 aliphatic rings. The SMILES string of the molecule is CC(=O)O.CC(C)S(=O)C(C)C(C1CC1)N1C(=O)COCC1c1ccc(Cl)cc1.Clc1ccccc1. The Morgan fingerprint density at radius 1 is 1.03 bits per heavy atom. The van der Waals surface area contributed by atoms with E-state index in [1.807, 2.05) is 80.3 Å². The number of carbonyl (C=O) groups is 2. The third-order valence-corrected chi connectivity index (χ3v) is 8.30. The number of aliphatic carboxylic acids is 1. The number of hydrogen-bond donors (Lipinski definition) is 1. The first kappa shape index (κ1) is 30.3. The van der Waals surface area contributed by atoms with Crippen molar-refractivity contribution in [2.75, 3.05) is 13.2 Å². The Hall–Kier alpha value is -1.93. The van der Waals surface area contributed by atoms with Gasteiger partial charge in [-0.15, -0.1) is 0 Å². The average molecular weight is 557 g/mol. The molecule has 4 rings (SSSR count). The molecule has 36 heavy (non-hydrogen) atoms. The van der Waals surface area contributed by atoms with Gasteiger partial charge in [0.2, 0.25) is 5.91 Å². The van der Waals surface area contributed by atoms with Crippen molar-refractivity contribution >= 4 is 45.9 Å². The van der Waals surface area contributed by atoms with Crippen LogP contribution < -0.4 is 0 Å². The molecule has 4 atom stereocenters. The van der Waals surface area contributed by atoms with Gasteiger partial charge in [0.15, 0.2) is 0 Å². The number of benzene rings is 2. The fraction of sp³-hybridized carbons (Fsp3) is 0.481. The highest BCUT2D eigenvalue weighted by Gasteiger charge is 2.46. The molecular formula is C27H35Cl2NO5S. The fourth-order valence-corrected chi connectivity index (χ4v) is 5.92. The Bertz CT molecular complexity index is 995. The standard InChI is InChI=1S/C19H26ClNO3S.C6H5Cl.C2H4O2/c1-12(2)25(23)13(3)19(15-4-5-15)21-17(10-24-11-18(21)22)14-6-8-16(20)9-7-14;7-6-4-2-1-3-5-6;1-2(3)4/h6-9,12-13,15,17,19H,4-5,10-11H2,1-3H3;1-5H;1H3,(H,3,4). The van der Waals surface area contributed by atoms with E-state index in [-0.39, 0.29) is 35.1 Å². The van der Waals surface area contributed by atoms with Crippen molar-refractivity contribution in [1.82, 2.24) is 4.90 Å². The number of amides is 1. The first-order chi connectivity index (χ1) is 17.0. The molecule has 2 aromatic rings. The summed E-state index contributed by atoms with van der Waals surface area (Å²) in [5, 5.41) is 8.92. The average Bonchev–Trinajstić information content (AvgIpc) is 3.66. The van der Waals surface area contributed by atoms with Gasteiger partial charge in [-0.25, -0.2) is 0 Å². The van der Waals surface area contributed by atoms with Crippen molar-refractivity contribution in [3.8, 4) is 0 Å². The van der Waals surface area contributed by atoms with Gasteiger partial charge in [-0.05, 0) is 55.5 Å². The second-order valence-corrected chi connectivity index (χ2v) is 12.3. The van der Waals surface area contributed by atoms with E-state index < -0.39 is 16.8 Å². The number of carboxylic acids is 1. The van der Waals surface area contributed by atoms with Crippen LogP contribution in [0, 0.1) is 5.92 Å². The second-order valence-electron chi connectivity index (χ2n) is 9.11.